The molecule has 30 heavy (non-hydrogen) atoms. The van der Waals surface area contributed by atoms with Gasteiger partial charge in [0, 0.05) is 26.2 Å². The molecule has 1 aromatic carbocycles. The molecule has 0 spiro atoms. The van der Waals surface area contributed by atoms with Crippen LogP contribution in [-0.2, 0) is 22.9 Å². The number of aliphatic imine (C=N–C) groups is 1. The molecule has 0 atom stereocenters. The lowest BCUT2D eigenvalue weighted by Gasteiger charge is -2.39. The van der Waals surface area contributed by atoms with Crippen LogP contribution in [0, 0.1) is 5.92 Å². The van der Waals surface area contributed by atoms with Gasteiger partial charge in [-0.15, -0.1) is 0 Å². The Morgan fingerprint density at radius 2 is 1.77 bits per heavy atom. The van der Waals surface area contributed by atoms with Crippen molar-refractivity contribution < 1.29 is 8.42 Å². The number of rotatable bonds is 5. The van der Waals surface area contributed by atoms with Gasteiger partial charge in [0.25, 0.3) is 0 Å². The van der Waals surface area contributed by atoms with Gasteiger partial charge in [-0.2, -0.15) is 0 Å². The van der Waals surface area contributed by atoms with Crippen LogP contribution in [-0.4, -0.2) is 67.4 Å². The molecule has 2 aliphatic rings. The van der Waals surface area contributed by atoms with E-state index < -0.39 is 14.6 Å². The SMILES string of the molecule is CCNC(=NCc1ccc(CN2CCC(C)CC2)cc1)N1CCS(=O)(=O)C(C)(C)C1. The van der Waals surface area contributed by atoms with Crippen molar-refractivity contribution >= 4 is 15.8 Å². The molecule has 0 radical (unpaired) electrons. The van der Waals surface area contributed by atoms with Gasteiger partial charge < -0.3 is 10.2 Å². The Bertz CT molecular complexity index is 825. The Kier molecular flexibility index (Phi) is 7.45. The standard InChI is InChI=1S/C23H38N4O2S/c1-5-24-22(27-14-15-30(28,29)23(3,4)18-27)25-16-20-6-8-21(9-7-20)17-26-12-10-19(2)11-13-26/h6-9,19H,5,10-18H2,1-4H3,(H,24,25). The van der Waals surface area contributed by atoms with Crippen LogP contribution in [0.25, 0.3) is 0 Å². The maximum absolute atomic E-state index is 12.3. The van der Waals surface area contributed by atoms with Gasteiger partial charge in [-0.05, 0) is 63.7 Å². The third-order valence-corrected chi connectivity index (χ3v) is 8.93. The fourth-order valence-electron chi connectivity index (χ4n) is 4.14. The summed E-state index contributed by atoms with van der Waals surface area (Å²) in [5.74, 6) is 1.83. The Morgan fingerprint density at radius 1 is 1.13 bits per heavy atom. The van der Waals surface area contributed by atoms with E-state index in [2.05, 4.69) is 46.3 Å². The summed E-state index contributed by atoms with van der Waals surface area (Å²) >= 11 is 0. The van der Waals surface area contributed by atoms with E-state index in [1.807, 2.05) is 6.92 Å². The number of likely N-dealkylation sites (tertiary alicyclic amines) is 1. The fraction of sp³-hybridized carbons (Fsp3) is 0.696. The zero-order valence-corrected chi connectivity index (χ0v) is 19.8. The molecule has 0 bridgehead atoms. The zero-order chi connectivity index (χ0) is 21.8. The highest BCUT2D eigenvalue weighted by Gasteiger charge is 2.40. The molecule has 2 heterocycles. The summed E-state index contributed by atoms with van der Waals surface area (Å²) in [6.07, 6.45) is 2.60. The van der Waals surface area contributed by atoms with Crippen LogP contribution in [0.2, 0.25) is 0 Å². The second kappa shape index (κ2) is 9.69. The predicted octanol–water partition coefficient (Wildman–Crippen LogP) is 2.89. The van der Waals surface area contributed by atoms with E-state index in [1.54, 1.807) is 13.8 Å². The van der Waals surface area contributed by atoms with Gasteiger partial charge in [-0.3, -0.25) is 4.90 Å². The van der Waals surface area contributed by atoms with Crippen LogP contribution in [0.4, 0.5) is 0 Å². The van der Waals surface area contributed by atoms with Gasteiger partial charge in [0.05, 0.1) is 17.0 Å². The topological polar surface area (TPSA) is 65.0 Å². The molecular weight excluding hydrogens is 396 g/mol. The molecule has 2 fully saturated rings. The second-order valence-electron chi connectivity index (χ2n) is 9.45. The molecule has 2 saturated heterocycles. The van der Waals surface area contributed by atoms with E-state index in [-0.39, 0.29) is 5.75 Å². The van der Waals surface area contributed by atoms with Crippen LogP contribution < -0.4 is 5.32 Å². The molecule has 0 aliphatic carbocycles. The van der Waals surface area contributed by atoms with Crippen LogP contribution in [0.5, 0.6) is 0 Å². The minimum Gasteiger partial charge on any atom is -0.357 e. The summed E-state index contributed by atoms with van der Waals surface area (Å²) < 4.78 is 23.9. The minimum absolute atomic E-state index is 0.175. The maximum atomic E-state index is 12.3. The Hall–Kier alpha value is -1.60. The summed E-state index contributed by atoms with van der Waals surface area (Å²) in [4.78, 5) is 9.42. The van der Waals surface area contributed by atoms with Crippen molar-refractivity contribution in [2.24, 2.45) is 10.9 Å². The predicted molar refractivity (Wildman–Crippen MR) is 124 cm³/mol. The van der Waals surface area contributed by atoms with Crippen LogP contribution in [0.3, 0.4) is 0 Å². The highest BCUT2D eigenvalue weighted by Crippen LogP contribution is 2.24. The van der Waals surface area contributed by atoms with Crippen molar-refractivity contribution in [1.82, 2.24) is 15.1 Å². The summed E-state index contributed by atoms with van der Waals surface area (Å²) in [6, 6.07) is 8.76. The van der Waals surface area contributed by atoms with Crippen LogP contribution in [0.15, 0.2) is 29.3 Å². The molecule has 1 N–H and O–H groups in total. The van der Waals surface area contributed by atoms with Crippen LogP contribution >= 0.6 is 0 Å². The molecule has 3 rings (SSSR count). The normalized spacial score (nSPS) is 22.8. The number of nitrogens with one attached hydrogen (secondary N) is 1. The summed E-state index contributed by atoms with van der Waals surface area (Å²) in [5.41, 5.74) is 2.53. The molecule has 0 saturated carbocycles. The Labute approximate surface area is 182 Å². The van der Waals surface area contributed by atoms with E-state index in [0.717, 1.165) is 25.0 Å². The van der Waals surface area contributed by atoms with Gasteiger partial charge in [-0.1, -0.05) is 31.2 Å². The quantitative estimate of drug-likeness (QED) is 0.570. The first-order valence-corrected chi connectivity index (χ1v) is 12.9. The highest BCUT2D eigenvalue weighted by atomic mass is 32.2. The van der Waals surface area contributed by atoms with Crippen molar-refractivity contribution in [3.05, 3.63) is 35.4 Å². The summed E-state index contributed by atoms with van der Waals surface area (Å²) in [6.45, 7) is 13.7. The maximum Gasteiger partial charge on any atom is 0.194 e. The van der Waals surface area contributed by atoms with Gasteiger partial charge in [-0.25, -0.2) is 13.4 Å². The smallest absolute Gasteiger partial charge is 0.194 e. The van der Waals surface area contributed by atoms with Crippen molar-refractivity contribution in [2.75, 3.05) is 38.5 Å². The molecule has 0 amide bonds. The monoisotopic (exact) mass is 434 g/mol. The Balaban J connectivity index is 1.61. The second-order valence-corrected chi connectivity index (χ2v) is 12.2. The molecule has 0 aromatic heterocycles. The van der Waals surface area contributed by atoms with E-state index in [1.165, 1.54) is 37.1 Å². The van der Waals surface area contributed by atoms with Gasteiger partial charge in [0.1, 0.15) is 0 Å². The Morgan fingerprint density at radius 3 is 2.37 bits per heavy atom. The van der Waals surface area contributed by atoms with Crippen molar-refractivity contribution in [3.63, 3.8) is 0 Å². The molecule has 6 nitrogen and oxygen atoms in total. The third kappa shape index (κ3) is 5.76. The molecule has 2 aliphatic heterocycles. The first-order chi connectivity index (χ1) is 14.2. The van der Waals surface area contributed by atoms with E-state index >= 15 is 0 Å². The lowest BCUT2D eigenvalue weighted by atomic mass is 9.99. The number of hydrogen-bond donors (Lipinski definition) is 1. The number of sulfone groups is 1. The minimum atomic E-state index is -3.06. The number of hydrogen-bond acceptors (Lipinski definition) is 4. The first-order valence-electron chi connectivity index (χ1n) is 11.3. The third-order valence-electron chi connectivity index (χ3n) is 6.39. The summed E-state index contributed by atoms with van der Waals surface area (Å²) in [5, 5.41) is 3.33. The zero-order valence-electron chi connectivity index (χ0n) is 19.0. The summed E-state index contributed by atoms with van der Waals surface area (Å²) in [7, 11) is -3.06. The number of piperidine rings is 1. The average molecular weight is 435 g/mol. The molecule has 7 heteroatoms. The largest absolute Gasteiger partial charge is 0.357 e. The first kappa shape index (κ1) is 23.1. The number of nitrogens with zero attached hydrogens (tertiary/aromatic N) is 3. The van der Waals surface area contributed by atoms with Gasteiger partial charge in [0.15, 0.2) is 15.8 Å². The number of guanidine groups is 1. The highest BCUT2D eigenvalue weighted by molar-refractivity contribution is 7.92. The van der Waals surface area contributed by atoms with Crippen molar-refractivity contribution in [3.8, 4) is 0 Å². The van der Waals surface area contributed by atoms with Gasteiger partial charge in [0.2, 0.25) is 0 Å². The van der Waals surface area contributed by atoms with Crippen molar-refractivity contribution in [1.29, 1.82) is 0 Å². The van der Waals surface area contributed by atoms with E-state index in [4.69, 9.17) is 4.99 Å². The lowest BCUT2D eigenvalue weighted by Crippen LogP contribution is -2.57. The van der Waals surface area contributed by atoms with Gasteiger partial charge >= 0.3 is 0 Å². The molecule has 1 aromatic rings. The van der Waals surface area contributed by atoms with Crippen LogP contribution in [0.1, 0.15) is 51.7 Å². The molecular formula is C23H38N4O2S. The molecule has 168 valence electrons. The van der Waals surface area contributed by atoms with Crippen molar-refractivity contribution in [2.45, 2.75) is 58.4 Å². The number of benzene rings is 1. The lowest BCUT2D eigenvalue weighted by molar-refractivity contribution is 0.185. The molecule has 0 unspecified atom stereocenters. The fourth-order valence-corrected chi connectivity index (χ4v) is 5.51. The average Bonchev–Trinajstić information content (AvgIpc) is 2.70. The van der Waals surface area contributed by atoms with E-state index in [9.17, 15) is 8.42 Å². The van der Waals surface area contributed by atoms with E-state index in [0.29, 0.717) is 19.6 Å².